The zero-order valence-corrected chi connectivity index (χ0v) is 8.16. The highest BCUT2D eigenvalue weighted by Crippen LogP contribution is 2.28. The summed E-state index contributed by atoms with van der Waals surface area (Å²) in [6, 6.07) is 10.3. The summed E-state index contributed by atoms with van der Waals surface area (Å²) in [5.74, 6) is 0.884. The molecule has 2 heteroatoms. The van der Waals surface area contributed by atoms with Crippen LogP contribution in [0, 0.1) is 17.2 Å². The van der Waals surface area contributed by atoms with Gasteiger partial charge in [0.05, 0.1) is 12.5 Å². The largest absolute Gasteiger partial charge is 0.385 e. The minimum atomic E-state index is 0.499. The van der Waals surface area contributed by atoms with Gasteiger partial charge in [-0.25, -0.2) is 0 Å². The fourth-order valence-corrected chi connectivity index (χ4v) is 1.47. The van der Waals surface area contributed by atoms with Crippen LogP contribution in [0.3, 0.4) is 0 Å². The van der Waals surface area contributed by atoms with E-state index in [1.54, 1.807) is 0 Å². The molecule has 0 aromatic heterocycles. The van der Waals surface area contributed by atoms with Gasteiger partial charge in [0.15, 0.2) is 0 Å². The van der Waals surface area contributed by atoms with Gasteiger partial charge < -0.3 is 5.32 Å². The van der Waals surface area contributed by atoms with Crippen LogP contribution >= 0.6 is 0 Å². The molecule has 0 aliphatic heterocycles. The third-order valence-electron chi connectivity index (χ3n) is 2.50. The number of nitriles is 1. The summed E-state index contributed by atoms with van der Waals surface area (Å²) < 4.78 is 0. The average molecular weight is 186 g/mol. The van der Waals surface area contributed by atoms with Crippen LogP contribution in [0.2, 0.25) is 0 Å². The zero-order valence-electron chi connectivity index (χ0n) is 8.16. The first-order valence-electron chi connectivity index (χ1n) is 5.08. The van der Waals surface area contributed by atoms with Crippen molar-refractivity contribution in [2.45, 2.75) is 19.3 Å². The van der Waals surface area contributed by atoms with Crippen molar-refractivity contribution in [3.63, 3.8) is 0 Å². The molecule has 0 radical (unpaired) electrons. The van der Waals surface area contributed by atoms with E-state index in [9.17, 15) is 0 Å². The van der Waals surface area contributed by atoms with Crippen molar-refractivity contribution >= 4 is 5.69 Å². The van der Waals surface area contributed by atoms with Crippen molar-refractivity contribution in [2.24, 2.45) is 5.92 Å². The summed E-state index contributed by atoms with van der Waals surface area (Å²) in [5.41, 5.74) is 2.23. The molecule has 1 aliphatic carbocycles. The second-order valence-electron chi connectivity index (χ2n) is 3.86. The molecular formula is C12H14N2. The van der Waals surface area contributed by atoms with Crippen molar-refractivity contribution in [1.29, 1.82) is 5.26 Å². The molecule has 1 aromatic rings. The predicted octanol–water partition coefficient (Wildman–Crippen LogP) is 2.57. The van der Waals surface area contributed by atoms with Gasteiger partial charge in [-0.3, -0.25) is 0 Å². The lowest BCUT2D eigenvalue weighted by atomic mass is 10.1. The number of anilines is 1. The Hall–Kier alpha value is -1.49. The average Bonchev–Trinajstić information content (AvgIpc) is 2.99. The SMILES string of the molecule is N#CCc1cccc(NCC2CC2)c1. The molecule has 1 saturated carbocycles. The highest BCUT2D eigenvalue weighted by Gasteiger charge is 2.20. The summed E-state index contributed by atoms with van der Waals surface area (Å²) in [7, 11) is 0. The van der Waals surface area contributed by atoms with Crippen molar-refractivity contribution < 1.29 is 0 Å². The normalized spacial score (nSPS) is 14.8. The standard InChI is InChI=1S/C12H14N2/c13-7-6-10-2-1-3-12(8-10)14-9-11-4-5-11/h1-3,8,11,14H,4-6,9H2. The van der Waals surface area contributed by atoms with E-state index in [1.807, 2.05) is 12.1 Å². The van der Waals surface area contributed by atoms with Crippen LogP contribution in [0.4, 0.5) is 5.69 Å². The summed E-state index contributed by atoms with van der Waals surface area (Å²) in [5, 5.41) is 12.0. The Bertz CT molecular complexity index is 348. The van der Waals surface area contributed by atoms with E-state index in [4.69, 9.17) is 5.26 Å². The van der Waals surface area contributed by atoms with Crippen molar-refractivity contribution in [3.8, 4) is 6.07 Å². The molecule has 1 fully saturated rings. The molecule has 14 heavy (non-hydrogen) atoms. The molecule has 0 saturated heterocycles. The molecule has 0 spiro atoms. The quantitative estimate of drug-likeness (QED) is 0.784. The minimum Gasteiger partial charge on any atom is -0.385 e. The Morgan fingerprint density at radius 3 is 3.00 bits per heavy atom. The van der Waals surface area contributed by atoms with Crippen molar-refractivity contribution in [1.82, 2.24) is 0 Å². The van der Waals surface area contributed by atoms with Crippen LogP contribution in [-0.4, -0.2) is 6.54 Å². The molecule has 0 atom stereocenters. The van der Waals surface area contributed by atoms with Gasteiger partial charge in [0.2, 0.25) is 0 Å². The Kier molecular flexibility index (Phi) is 2.69. The monoisotopic (exact) mass is 186 g/mol. The molecule has 2 nitrogen and oxygen atoms in total. The fourth-order valence-electron chi connectivity index (χ4n) is 1.47. The maximum Gasteiger partial charge on any atom is 0.0669 e. The first-order chi connectivity index (χ1) is 6.88. The Morgan fingerprint density at radius 1 is 1.43 bits per heavy atom. The second-order valence-corrected chi connectivity index (χ2v) is 3.86. The van der Waals surface area contributed by atoms with Crippen LogP contribution in [0.1, 0.15) is 18.4 Å². The molecule has 72 valence electrons. The number of hydrogen-bond donors (Lipinski definition) is 1. The molecule has 0 unspecified atom stereocenters. The topological polar surface area (TPSA) is 35.8 Å². The number of nitrogens with one attached hydrogen (secondary N) is 1. The van der Waals surface area contributed by atoms with E-state index in [1.165, 1.54) is 12.8 Å². The Morgan fingerprint density at radius 2 is 2.29 bits per heavy atom. The van der Waals surface area contributed by atoms with Gasteiger partial charge in [0, 0.05) is 12.2 Å². The summed E-state index contributed by atoms with van der Waals surface area (Å²) in [6.45, 7) is 1.08. The molecule has 0 bridgehead atoms. The first kappa shape index (κ1) is 9.08. The molecule has 1 aliphatic rings. The third-order valence-corrected chi connectivity index (χ3v) is 2.50. The third kappa shape index (κ3) is 2.50. The summed E-state index contributed by atoms with van der Waals surface area (Å²) >= 11 is 0. The van der Waals surface area contributed by atoms with Gasteiger partial charge in [-0.05, 0) is 36.5 Å². The molecule has 2 rings (SSSR count). The van der Waals surface area contributed by atoms with Gasteiger partial charge >= 0.3 is 0 Å². The van der Waals surface area contributed by atoms with Crippen LogP contribution < -0.4 is 5.32 Å². The highest BCUT2D eigenvalue weighted by molar-refractivity contribution is 5.46. The smallest absolute Gasteiger partial charge is 0.0669 e. The number of rotatable bonds is 4. The van der Waals surface area contributed by atoms with E-state index in [0.29, 0.717) is 6.42 Å². The van der Waals surface area contributed by atoms with Crippen LogP contribution in [0.15, 0.2) is 24.3 Å². The van der Waals surface area contributed by atoms with E-state index in [2.05, 4.69) is 23.5 Å². The lowest BCUT2D eigenvalue weighted by Crippen LogP contribution is -2.03. The summed E-state index contributed by atoms with van der Waals surface area (Å²) in [4.78, 5) is 0. The van der Waals surface area contributed by atoms with Gasteiger partial charge in [-0.2, -0.15) is 5.26 Å². The molecular weight excluding hydrogens is 172 g/mol. The maximum atomic E-state index is 8.57. The van der Waals surface area contributed by atoms with Crippen LogP contribution in [-0.2, 0) is 6.42 Å². The number of benzene rings is 1. The second kappa shape index (κ2) is 4.15. The van der Waals surface area contributed by atoms with E-state index >= 15 is 0 Å². The van der Waals surface area contributed by atoms with E-state index < -0.39 is 0 Å². The van der Waals surface area contributed by atoms with Crippen molar-refractivity contribution in [2.75, 3.05) is 11.9 Å². The molecule has 0 amide bonds. The molecule has 1 N–H and O–H groups in total. The molecule has 0 heterocycles. The van der Waals surface area contributed by atoms with E-state index in [-0.39, 0.29) is 0 Å². The lowest BCUT2D eigenvalue weighted by molar-refractivity contribution is 0.889. The number of nitrogens with zero attached hydrogens (tertiary/aromatic N) is 1. The lowest BCUT2D eigenvalue weighted by Gasteiger charge is -2.05. The predicted molar refractivity (Wildman–Crippen MR) is 57.0 cm³/mol. The first-order valence-corrected chi connectivity index (χ1v) is 5.08. The fraction of sp³-hybridized carbons (Fsp3) is 0.417. The highest BCUT2D eigenvalue weighted by atomic mass is 14.9. The van der Waals surface area contributed by atoms with Gasteiger partial charge in [0.25, 0.3) is 0 Å². The number of hydrogen-bond acceptors (Lipinski definition) is 2. The van der Waals surface area contributed by atoms with Gasteiger partial charge in [-0.1, -0.05) is 12.1 Å². The van der Waals surface area contributed by atoms with E-state index in [0.717, 1.165) is 23.7 Å². The maximum absolute atomic E-state index is 8.57. The van der Waals surface area contributed by atoms with Gasteiger partial charge in [0.1, 0.15) is 0 Å². The zero-order chi connectivity index (χ0) is 9.80. The minimum absolute atomic E-state index is 0.499. The summed E-state index contributed by atoms with van der Waals surface area (Å²) in [6.07, 6.45) is 3.23. The van der Waals surface area contributed by atoms with Crippen LogP contribution in [0.5, 0.6) is 0 Å². The Balaban J connectivity index is 1.94. The van der Waals surface area contributed by atoms with Crippen molar-refractivity contribution in [3.05, 3.63) is 29.8 Å². The van der Waals surface area contributed by atoms with Gasteiger partial charge in [-0.15, -0.1) is 0 Å². The molecule has 1 aromatic carbocycles. The van der Waals surface area contributed by atoms with Crippen LogP contribution in [0.25, 0.3) is 0 Å². The Labute approximate surface area is 84.6 Å².